The first-order valence-electron chi connectivity index (χ1n) is 13.5. The highest BCUT2D eigenvalue weighted by atomic mass is 19.1. The summed E-state index contributed by atoms with van der Waals surface area (Å²) >= 11 is 0. The fraction of sp³-hybridized carbons (Fsp3) is 0.367. The maximum Gasteiger partial charge on any atom is 0.261 e. The van der Waals surface area contributed by atoms with E-state index in [9.17, 15) is 9.90 Å². The van der Waals surface area contributed by atoms with E-state index in [1.807, 2.05) is 16.9 Å². The van der Waals surface area contributed by atoms with Gasteiger partial charge in [0.15, 0.2) is 5.82 Å². The number of aliphatic hydroxyl groups is 1. The van der Waals surface area contributed by atoms with Crippen molar-refractivity contribution in [3.05, 3.63) is 82.2 Å². The number of hydrogen-bond donors (Lipinski definition) is 2. The second-order valence-electron chi connectivity index (χ2n) is 11.6. The van der Waals surface area contributed by atoms with Gasteiger partial charge < -0.3 is 15.7 Å². The Morgan fingerprint density at radius 1 is 1.15 bits per heavy atom. The van der Waals surface area contributed by atoms with Gasteiger partial charge in [0.1, 0.15) is 11.6 Å². The zero-order chi connectivity index (χ0) is 28.2. The van der Waals surface area contributed by atoms with E-state index in [0.29, 0.717) is 53.8 Å². The summed E-state index contributed by atoms with van der Waals surface area (Å²) in [6.45, 7) is 6.20. The summed E-state index contributed by atoms with van der Waals surface area (Å²) in [5.41, 5.74) is 10.2. The normalized spacial score (nSPS) is 15.4. The summed E-state index contributed by atoms with van der Waals surface area (Å²) in [6, 6.07) is 8.78. The largest absolute Gasteiger partial charge is 0.392 e. The van der Waals surface area contributed by atoms with Crippen molar-refractivity contribution in [1.82, 2.24) is 24.7 Å². The van der Waals surface area contributed by atoms with Gasteiger partial charge in [0.25, 0.3) is 5.91 Å². The van der Waals surface area contributed by atoms with Crippen molar-refractivity contribution in [3.63, 3.8) is 0 Å². The molecule has 6 rings (SSSR count). The number of nitrogens with two attached hydrogens (primary N) is 1. The molecule has 2 aromatic heterocycles. The van der Waals surface area contributed by atoms with Gasteiger partial charge in [0.2, 0.25) is 5.95 Å². The second kappa shape index (κ2) is 9.78. The lowest BCUT2D eigenvalue weighted by Gasteiger charge is -2.31. The second-order valence-corrected chi connectivity index (χ2v) is 11.6. The number of carbonyl (C=O) groups is 1. The maximum absolute atomic E-state index is 15.2. The molecule has 0 unspecified atom stereocenters. The van der Waals surface area contributed by atoms with E-state index < -0.39 is 11.7 Å². The fourth-order valence-electron chi connectivity index (χ4n) is 5.32. The summed E-state index contributed by atoms with van der Waals surface area (Å²) < 4.78 is 17.1. The Bertz CT molecular complexity index is 1620. The Balaban J connectivity index is 1.34. The van der Waals surface area contributed by atoms with E-state index >= 15 is 4.39 Å². The van der Waals surface area contributed by atoms with Crippen LogP contribution in [0.3, 0.4) is 0 Å². The highest BCUT2D eigenvalue weighted by molar-refractivity contribution is 6.09. The van der Waals surface area contributed by atoms with Crippen molar-refractivity contribution in [3.8, 4) is 11.4 Å². The highest BCUT2D eigenvalue weighted by Crippen LogP contribution is 2.42. The minimum Gasteiger partial charge on any atom is -0.392 e. The third-order valence-electron chi connectivity index (χ3n) is 7.53. The molecular weight excluding hydrogens is 509 g/mol. The number of nitrogens with zero attached hydrogens (tertiary/aromatic N) is 6. The van der Waals surface area contributed by atoms with Crippen LogP contribution in [0.15, 0.2) is 42.7 Å². The maximum atomic E-state index is 15.2. The number of rotatable bonds is 6. The third kappa shape index (κ3) is 4.83. The number of fused-ring (bicyclic) bond motifs is 1. The van der Waals surface area contributed by atoms with Gasteiger partial charge in [-0.15, -0.1) is 0 Å². The van der Waals surface area contributed by atoms with E-state index in [4.69, 9.17) is 5.73 Å². The van der Waals surface area contributed by atoms with Crippen molar-refractivity contribution >= 4 is 17.5 Å². The van der Waals surface area contributed by atoms with Gasteiger partial charge in [-0.25, -0.2) is 9.37 Å². The Morgan fingerprint density at radius 3 is 2.65 bits per heavy atom. The van der Waals surface area contributed by atoms with E-state index in [1.54, 1.807) is 24.4 Å². The Morgan fingerprint density at radius 2 is 1.95 bits per heavy atom. The molecule has 2 aromatic carbocycles. The predicted octanol–water partition coefficient (Wildman–Crippen LogP) is 4.37. The van der Waals surface area contributed by atoms with Crippen molar-refractivity contribution in [1.29, 1.82) is 0 Å². The molecular formula is C30H32FN7O2. The minimum atomic E-state index is -0.486. The quantitative estimate of drug-likeness (QED) is 0.371. The number of amides is 1. The molecule has 1 aliphatic heterocycles. The monoisotopic (exact) mass is 541 g/mol. The molecule has 206 valence electrons. The SMILES string of the molecule is CC(C)(C)n1cc(Cc2nc(N)nc(-c3cccc(N4CCc5cc(C6CC6)cc(F)c5C4=O)c3CO)n2)cn1. The molecule has 0 spiro atoms. The molecule has 1 fully saturated rings. The molecule has 2 aliphatic rings. The molecule has 1 aliphatic carbocycles. The first-order valence-corrected chi connectivity index (χ1v) is 13.5. The molecule has 3 heterocycles. The zero-order valence-electron chi connectivity index (χ0n) is 22.9. The fourth-order valence-corrected chi connectivity index (χ4v) is 5.32. The van der Waals surface area contributed by atoms with Crippen LogP contribution in [0.4, 0.5) is 16.0 Å². The number of benzene rings is 2. The molecule has 0 radical (unpaired) electrons. The van der Waals surface area contributed by atoms with Gasteiger partial charge in [0, 0.05) is 30.3 Å². The molecule has 0 atom stereocenters. The van der Waals surface area contributed by atoms with Crippen LogP contribution in [0.25, 0.3) is 11.4 Å². The van der Waals surface area contributed by atoms with Crippen LogP contribution in [-0.4, -0.2) is 42.3 Å². The van der Waals surface area contributed by atoms with Crippen molar-refractivity contribution in [2.75, 3.05) is 17.2 Å². The summed E-state index contributed by atoms with van der Waals surface area (Å²) in [5.74, 6) is 0.301. The van der Waals surface area contributed by atoms with Crippen LogP contribution in [0.2, 0.25) is 0 Å². The smallest absolute Gasteiger partial charge is 0.261 e. The highest BCUT2D eigenvalue weighted by Gasteiger charge is 2.33. The Labute approximate surface area is 231 Å². The average Bonchev–Trinajstić information content (AvgIpc) is 3.65. The molecule has 3 N–H and O–H groups in total. The summed E-state index contributed by atoms with van der Waals surface area (Å²) in [6.07, 6.45) is 6.78. The number of hydrogen-bond acceptors (Lipinski definition) is 7. The first-order chi connectivity index (χ1) is 19.1. The topological polar surface area (TPSA) is 123 Å². The molecule has 10 heteroatoms. The number of aliphatic hydroxyl groups excluding tert-OH is 1. The average molecular weight is 542 g/mol. The van der Waals surface area contributed by atoms with Crippen LogP contribution < -0.4 is 10.6 Å². The van der Waals surface area contributed by atoms with Gasteiger partial charge in [-0.1, -0.05) is 18.2 Å². The van der Waals surface area contributed by atoms with Gasteiger partial charge >= 0.3 is 0 Å². The van der Waals surface area contributed by atoms with Gasteiger partial charge in [0.05, 0.1) is 29.6 Å². The van der Waals surface area contributed by atoms with Gasteiger partial charge in [-0.05, 0) is 74.8 Å². The number of halogens is 1. The van der Waals surface area contributed by atoms with Crippen LogP contribution in [0.1, 0.15) is 78.0 Å². The van der Waals surface area contributed by atoms with Gasteiger partial charge in [-0.2, -0.15) is 15.1 Å². The van der Waals surface area contributed by atoms with Crippen LogP contribution in [-0.2, 0) is 25.0 Å². The summed E-state index contributed by atoms with van der Waals surface area (Å²) in [5, 5.41) is 14.9. The van der Waals surface area contributed by atoms with Crippen molar-refractivity contribution in [2.24, 2.45) is 0 Å². The van der Waals surface area contributed by atoms with E-state index in [-0.39, 0.29) is 23.7 Å². The molecule has 0 bridgehead atoms. The summed E-state index contributed by atoms with van der Waals surface area (Å²) in [7, 11) is 0. The van der Waals surface area contributed by atoms with E-state index in [0.717, 1.165) is 29.5 Å². The lowest BCUT2D eigenvalue weighted by atomic mass is 9.93. The van der Waals surface area contributed by atoms with Crippen molar-refractivity contribution < 1.29 is 14.3 Å². The third-order valence-corrected chi connectivity index (χ3v) is 7.53. The Kier molecular flexibility index (Phi) is 6.37. The molecule has 0 saturated heterocycles. The first kappa shape index (κ1) is 26.1. The molecule has 9 nitrogen and oxygen atoms in total. The molecule has 4 aromatic rings. The molecule has 40 heavy (non-hydrogen) atoms. The molecule has 1 amide bonds. The van der Waals surface area contributed by atoms with E-state index in [2.05, 4.69) is 40.8 Å². The lowest BCUT2D eigenvalue weighted by Crippen LogP contribution is -2.39. The van der Waals surface area contributed by atoms with Crippen LogP contribution in [0.5, 0.6) is 0 Å². The summed E-state index contributed by atoms with van der Waals surface area (Å²) in [4.78, 5) is 28.4. The standard InChI is InChI=1S/C30H32FN7O2/c1-30(2,3)38-15-17(14-33-38)11-25-34-27(36-29(32)35-25)21-5-4-6-24(22(21)16-39)37-10-9-19-12-20(18-7-8-18)13-23(31)26(19)28(37)40/h4-6,12-15,18,39H,7-11,16H2,1-3H3,(H2,32,34,35,36). The minimum absolute atomic E-state index is 0.0500. The van der Waals surface area contributed by atoms with E-state index in [1.165, 1.54) is 11.0 Å². The number of nitrogen functional groups attached to an aromatic ring is 1. The Hall–Kier alpha value is -4.18. The zero-order valence-corrected chi connectivity index (χ0v) is 22.9. The molecule has 1 saturated carbocycles. The number of aromatic nitrogens is 5. The predicted molar refractivity (Wildman–Crippen MR) is 149 cm³/mol. The van der Waals surface area contributed by atoms with Crippen molar-refractivity contribution in [2.45, 2.75) is 64.5 Å². The van der Waals surface area contributed by atoms with Crippen LogP contribution >= 0.6 is 0 Å². The number of carbonyl (C=O) groups excluding carboxylic acids is 1. The number of anilines is 2. The van der Waals surface area contributed by atoms with Gasteiger partial charge in [-0.3, -0.25) is 9.48 Å². The lowest BCUT2D eigenvalue weighted by molar-refractivity contribution is 0.0976. The van der Waals surface area contributed by atoms with Crippen LogP contribution in [0, 0.1) is 5.82 Å².